The quantitative estimate of drug-likeness (QED) is 0.729. The van der Waals surface area contributed by atoms with Crippen LogP contribution < -0.4 is 11.4 Å². The van der Waals surface area contributed by atoms with Crippen LogP contribution in [0.2, 0.25) is 0 Å². The number of nitrogens with two attached hydrogens (primary N) is 1. The second kappa shape index (κ2) is 4.56. The molecule has 0 aliphatic heterocycles. The van der Waals surface area contributed by atoms with Gasteiger partial charge in [0, 0.05) is 6.54 Å². The molecule has 19 heavy (non-hydrogen) atoms. The van der Waals surface area contributed by atoms with E-state index in [1.165, 1.54) is 11.9 Å². The lowest BCUT2D eigenvalue weighted by Gasteiger charge is -2.03. The van der Waals surface area contributed by atoms with E-state index in [1.54, 1.807) is 4.57 Å². The van der Waals surface area contributed by atoms with Crippen molar-refractivity contribution in [1.29, 1.82) is 0 Å². The number of nitrogens with zero attached hydrogens (tertiary/aromatic N) is 3. The highest BCUT2D eigenvalue weighted by Gasteiger charge is 2.10. The molecule has 0 radical (unpaired) electrons. The normalized spacial score (nSPS) is 10.9. The summed E-state index contributed by atoms with van der Waals surface area (Å²) >= 11 is 0. The van der Waals surface area contributed by atoms with Gasteiger partial charge in [0.25, 0.3) is 0 Å². The van der Waals surface area contributed by atoms with Crippen LogP contribution in [0.25, 0.3) is 11.2 Å². The molecule has 3 rings (SSSR count). The van der Waals surface area contributed by atoms with Gasteiger partial charge in [-0.3, -0.25) is 4.57 Å². The lowest BCUT2D eigenvalue weighted by atomic mass is 10.1. The SMILES string of the molecule is Nc1ncnc2c1[nH]c(=O)n2CCc1ccccc1. The van der Waals surface area contributed by atoms with Crippen LogP contribution in [0.1, 0.15) is 5.56 Å². The van der Waals surface area contributed by atoms with Crippen LogP contribution in [-0.4, -0.2) is 19.5 Å². The molecule has 0 unspecified atom stereocenters. The van der Waals surface area contributed by atoms with Gasteiger partial charge in [0.1, 0.15) is 11.8 Å². The van der Waals surface area contributed by atoms with Crippen LogP contribution in [0.4, 0.5) is 5.82 Å². The molecular formula is C13H13N5O. The van der Waals surface area contributed by atoms with E-state index in [-0.39, 0.29) is 5.69 Å². The summed E-state index contributed by atoms with van der Waals surface area (Å²) in [6.07, 6.45) is 2.13. The molecule has 6 nitrogen and oxygen atoms in total. The van der Waals surface area contributed by atoms with Crippen molar-refractivity contribution in [2.75, 3.05) is 5.73 Å². The molecule has 96 valence electrons. The summed E-state index contributed by atoms with van der Waals surface area (Å²) < 4.78 is 1.58. The Hall–Kier alpha value is -2.63. The molecule has 0 saturated carbocycles. The zero-order valence-electron chi connectivity index (χ0n) is 10.2. The molecule has 0 bridgehead atoms. The number of aromatic nitrogens is 4. The first-order valence-electron chi connectivity index (χ1n) is 5.98. The Bertz CT molecular complexity index is 760. The molecule has 0 aliphatic carbocycles. The zero-order chi connectivity index (χ0) is 13.2. The number of rotatable bonds is 3. The summed E-state index contributed by atoms with van der Waals surface area (Å²) in [6, 6.07) is 9.99. The van der Waals surface area contributed by atoms with Crippen molar-refractivity contribution in [1.82, 2.24) is 19.5 Å². The Labute approximate surface area is 108 Å². The van der Waals surface area contributed by atoms with Gasteiger partial charge in [-0.1, -0.05) is 30.3 Å². The Morgan fingerprint density at radius 2 is 2.00 bits per heavy atom. The van der Waals surface area contributed by atoms with Gasteiger partial charge in [-0.15, -0.1) is 0 Å². The highest BCUT2D eigenvalue weighted by atomic mass is 16.1. The molecule has 0 fully saturated rings. The smallest absolute Gasteiger partial charge is 0.327 e. The number of aromatic amines is 1. The highest BCUT2D eigenvalue weighted by molar-refractivity contribution is 5.80. The average Bonchev–Trinajstić information content (AvgIpc) is 2.75. The summed E-state index contributed by atoms with van der Waals surface area (Å²) in [5, 5.41) is 0. The van der Waals surface area contributed by atoms with Crippen molar-refractivity contribution >= 4 is 17.0 Å². The third kappa shape index (κ3) is 2.08. The third-order valence-electron chi connectivity index (χ3n) is 3.06. The maximum atomic E-state index is 11.9. The molecular weight excluding hydrogens is 242 g/mol. The fourth-order valence-electron chi connectivity index (χ4n) is 2.08. The first-order valence-corrected chi connectivity index (χ1v) is 5.98. The summed E-state index contributed by atoms with van der Waals surface area (Å²) in [4.78, 5) is 22.6. The lowest BCUT2D eigenvalue weighted by Crippen LogP contribution is -2.18. The minimum absolute atomic E-state index is 0.210. The van der Waals surface area contributed by atoms with Gasteiger partial charge in [0.2, 0.25) is 0 Å². The summed E-state index contributed by atoms with van der Waals surface area (Å²) in [7, 11) is 0. The predicted molar refractivity (Wildman–Crippen MR) is 72.7 cm³/mol. The maximum Gasteiger partial charge on any atom is 0.327 e. The topological polar surface area (TPSA) is 89.6 Å². The first kappa shape index (κ1) is 11.5. The van der Waals surface area contributed by atoms with Gasteiger partial charge in [-0.05, 0) is 12.0 Å². The molecule has 0 amide bonds. The van der Waals surface area contributed by atoms with Gasteiger partial charge < -0.3 is 10.7 Å². The Balaban J connectivity index is 1.95. The number of fused-ring (bicyclic) bond motifs is 1. The van der Waals surface area contributed by atoms with E-state index in [2.05, 4.69) is 15.0 Å². The summed E-state index contributed by atoms with van der Waals surface area (Å²) in [5.41, 5.74) is 7.72. The molecule has 3 aromatic rings. The average molecular weight is 255 g/mol. The van der Waals surface area contributed by atoms with Crippen LogP contribution in [-0.2, 0) is 13.0 Å². The molecule has 2 heterocycles. The van der Waals surface area contributed by atoms with Crippen molar-refractivity contribution in [2.24, 2.45) is 0 Å². The van der Waals surface area contributed by atoms with E-state index in [0.717, 1.165) is 6.42 Å². The van der Waals surface area contributed by atoms with Gasteiger partial charge in [-0.25, -0.2) is 14.8 Å². The minimum Gasteiger partial charge on any atom is -0.382 e. The van der Waals surface area contributed by atoms with Gasteiger partial charge >= 0.3 is 5.69 Å². The Morgan fingerprint density at radius 1 is 1.21 bits per heavy atom. The monoisotopic (exact) mass is 255 g/mol. The second-order valence-corrected chi connectivity index (χ2v) is 4.27. The number of nitrogen functional groups attached to an aromatic ring is 1. The maximum absolute atomic E-state index is 11.9. The van der Waals surface area contributed by atoms with Crippen molar-refractivity contribution in [2.45, 2.75) is 13.0 Å². The number of benzene rings is 1. The second-order valence-electron chi connectivity index (χ2n) is 4.27. The minimum atomic E-state index is -0.210. The van der Waals surface area contributed by atoms with Crippen molar-refractivity contribution in [3.05, 3.63) is 52.7 Å². The van der Waals surface area contributed by atoms with E-state index in [1.807, 2.05) is 30.3 Å². The zero-order valence-corrected chi connectivity index (χ0v) is 10.2. The van der Waals surface area contributed by atoms with Crippen LogP contribution in [0.3, 0.4) is 0 Å². The van der Waals surface area contributed by atoms with Crippen LogP contribution in [0.5, 0.6) is 0 Å². The molecule has 0 aliphatic rings. The number of imidazole rings is 1. The molecule has 1 aromatic carbocycles. The molecule has 3 N–H and O–H groups in total. The van der Waals surface area contributed by atoms with Crippen molar-refractivity contribution in [3.8, 4) is 0 Å². The van der Waals surface area contributed by atoms with E-state index < -0.39 is 0 Å². The predicted octanol–water partition coefficient (Wildman–Crippen LogP) is 0.944. The molecule has 2 aromatic heterocycles. The number of hydrogen-bond donors (Lipinski definition) is 2. The fourth-order valence-corrected chi connectivity index (χ4v) is 2.08. The number of aryl methyl sites for hydroxylation is 2. The molecule has 0 spiro atoms. The van der Waals surface area contributed by atoms with Crippen molar-refractivity contribution in [3.63, 3.8) is 0 Å². The standard InChI is InChI=1S/C13H13N5O/c14-11-10-12(16-8-15-11)18(13(19)17-10)7-6-9-4-2-1-3-5-9/h1-5,8H,6-7H2,(H,17,19)(H2,14,15,16). The summed E-state index contributed by atoms with van der Waals surface area (Å²) in [5.74, 6) is 0.292. The largest absolute Gasteiger partial charge is 0.382 e. The van der Waals surface area contributed by atoms with E-state index in [4.69, 9.17) is 5.73 Å². The van der Waals surface area contributed by atoms with E-state index >= 15 is 0 Å². The van der Waals surface area contributed by atoms with Crippen LogP contribution in [0.15, 0.2) is 41.5 Å². The number of H-pyrrole nitrogens is 1. The number of nitrogens with one attached hydrogen (secondary N) is 1. The van der Waals surface area contributed by atoms with E-state index in [0.29, 0.717) is 23.5 Å². The molecule has 0 atom stereocenters. The highest BCUT2D eigenvalue weighted by Crippen LogP contribution is 2.12. The van der Waals surface area contributed by atoms with Crippen LogP contribution >= 0.6 is 0 Å². The molecule has 0 saturated heterocycles. The molecule has 6 heteroatoms. The van der Waals surface area contributed by atoms with Gasteiger partial charge in [0.15, 0.2) is 11.5 Å². The fraction of sp³-hybridized carbons (Fsp3) is 0.154. The van der Waals surface area contributed by atoms with Crippen molar-refractivity contribution < 1.29 is 0 Å². The Morgan fingerprint density at radius 3 is 2.79 bits per heavy atom. The number of hydrogen-bond acceptors (Lipinski definition) is 4. The van der Waals surface area contributed by atoms with Gasteiger partial charge in [0.05, 0.1) is 0 Å². The van der Waals surface area contributed by atoms with Crippen LogP contribution in [0, 0.1) is 0 Å². The van der Waals surface area contributed by atoms with Gasteiger partial charge in [-0.2, -0.15) is 0 Å². The first-order chi connectivity index (χ1) is 9.25. The summed E-state index contributed by atoms with van der Waals surface area (Å²) in [6.45, 7) is 0.555. The number of anilines is 1. The Kier molecular flexibility index (Phi) is 2.75. The van der Waals surface area contributed by atoms with E-state index in [9.17, 15) is 4.79 Å². The third-order valence-corrected chi connectivity index (χ3v) is 3.06. The lowest BCUT2D eigenvalue weighted by molar-refractivity contribution is 0.685.